The highest BCUT2D eigenvalue weighted by molar-refractivity contribution is 7.53. The second kappa shape index (κ2) is 12.9. The Labute approximate surface area is 239 Å². The summed E-state index contributed by atoms with van der Waals surface area (Å²) in [5.41, 5.74) is -7.03. The number of rotatable bonds is 12. The van der Waals surface area contributed by atoms with Gasteiger partial charge in [0.1, 0.15) is 11.4 Å². The van der Waals surface area contributed by atoms with Gasteiger partial charge in [0.15, 0.2) is 5.43 Å². The van der Waals surface area contributed by atoms with Crippen LogP contribution in [0.3, 0.4) is 0 Å². The summed E-state index contributed by atoms with van der Waals surface area (Å²) in [5.74, 6) is -1.48. The minimum Gasteiger partial charge on any atom is -0.380 e. The molecule has 2 aromatic rings. The Balaban J connectivity index is 2.23. The van der Waals surface area contributed by atoms with Crippen molar-refractivity contribution < 1.29 is 32.3 Å². The Morgan fingerprint density at radius 1 is 1.12 bits per heavy atom. The Morgan fingerprint density at radius 2 is 1.71 bits per heavy atom. The van der Waals surface area contributed by atoms with Gasteiger partial charge in [0.2, 0.25) is 5.91 Å². The third-order valence-electron chi connectivity index (χ3n) is 8.82. The van der Waals surface area contributed by atoms with E-state index in [0.717, 1.165) is 45.1 Å². The van der Waals surface area contributed by atoms with Crippen LogP contribution >= 0.6 is 7.60 Å². The highest BCUT2D eigenvalue weighted by Crippen LogP contribution is 2.61. The molecule has 0 radical (unpaired) electrons. The molecule has 1 aliphatic carbocycles. The van der Waals surface area contributed by atoms with E-state index < -0.39 is 55.3 Å². The molecule has 1 heterocycles. The predicted molar refractivity (Wildman–Crippen MR) is 155 cm³/mol. The molecule has 1 saturated carbocycles. The van der Waals surface area contributed by atoms with Crippen molar-refractivity contribution in [3.8, 4) is 0 Å². The zero-order valence-electron chi connectivity index (χ0n) is 24.6. The molecule has 1 amide bonds. The first-order valence-electron chi connectivity index (χ1n) is 14.5. The van der Waals surface area contributed by atoms with E-state index in [9.17, 15) is 23.9 Å². The van der Waals surface area contributed by atoms with Gasteiger partial charge in [-0.25, -0.2) is 4.39 Å². The number of carbonyl (C=O) groups is 1. The summed E-state index contributed by atoms with van der Waals surface area (Å²) in [5, 5.41) is 3.34. The summed E-state index contributed by atoms with van der Waals surface area (Å²) in [7, 11) is -6.00. The van der Waals surface area contributed by atoms with Crippen LogP contribution in [0.1, 0.15) is 104 Å². The van der Waals surface area contributed by atoms with E-state index in [0.29, 0.717) is 28.9 Å². The fourth-order valence-electron chi connectivity index (χ4n) is 6.33. The van der Waals surface area contributed by atoms with Crippen molar-refractivity contribution in [2.75, 3.05) is 5.32 Å². The first kappa shape index (κ1) is 33.1. The number of alkyl halides is 2. The van der Waals surface area contributed by atoms with Crippen LogP contribution in [-0.2, 0) is 15.9 Å². The number of carbonyl (C=O) groups excluding carboxylic acids is 1. The molecule has 230 valence electrons. The number of amides is 1. The Bertz CT molecular complexity index is 1350. The van der Waals surface area contributed by atoms with Crippen molar-refractivity contribution in [2.24, 2.45) is 0 Å². The average Bonchev–Trinajstić information content (AvgIpc) is 2.92. The van der Waals surface area contributed by atoms with Crippen LogP contribution in [0.2, 0.25) is 0 Å². The molecule has 12 heteroatoms. The molecule has 0 aliphatic heterocycles. The molecule has 0 saturated heterocycles. The zero-order valence-corrected chi connectivity index (χ0v) is 25.4. The van der Waals surface area contributed by atoms with Gasteiger partial charge >= 0.3 is 13.3 Å². The van der Waals surface area contributed by atoms with Gasteiger partial charge in [0.25, 0.3) is 0 Å². The number of anilines is 1. The monoisotopic (exact) mass is 601 g/mol. The molecule has 41 heavy (non-hydrogen) atoms. The summed E-state index contributed by atoms with van der Waals surface area (Å²) < 4.78 is 60.0. The van der Waals surface area contributed by atoms with E-state index in [2.05, 4.69) is 5.32 Å². The maximum absolute atomic E-state index is 15.4. The van der Waals surface area contributed by atoms with Crippen LogP contribution in [0, 0.1) is 5.82 Å². The van der Waals surface area contributed by atoms with E-state index in [-0.39, 0.29) is 23.0 Å². The first-order chi connectivity index (χ1) is 19.2. The second-order valence-electron chi connectivity index (χ2n) is 11.1. The van der Waals surface area contributed by atoms with Gasteiger partial charge in [0, 0.05) is 36.2 Å². The summed E-state index contributed by atoms with van der Waals surface area (Å²) >= 11 is 0. The smallest absolute Gasteiger partial charge is 0.380 e. The van der Waals surface area contributed by atoms with Gasteiger partial charge in [-0.15, -0.1) is 0 Å². The second-order valence-corrected chi connectivity index (χ2v) is 12.8. The molecule has 0 bridgehead atoms. The molecule has 1 fully saturated rings. The highest BCUT2D eigenvalue weighted by atomic mass is 31.2. The summed E-state index contributed by atoms with van der Waals surface area (Å²) in [4.78, 5) is 46.5. The summed E-state index contributed by atoms with van der Waals surface area (Å²) in [6, 6.07) is 2.78. The van der Waals surface area contributed by atoms with Gasteiger partial charge in [-0.05, 0) is 50.7 Å². The van der Waals surface area contributed by atoms with Crippen LogP contribution in [0.25, 0.3) is 10.9 Å². The van der Waals surface area contributed by atoms with Crippen LogP contribution in [0.15, 0.2) is 23.1 Å². The number of nitrogens with one attached hydrogen (secondary N) is 1. The minimum atomic E-state index is -6.00. The number of halogens is 3. The van der Waals surface area contributed by atoms with Gasteiger partial charge in [-0.2, -0.15) is 8.78 Å². The van der Waals surface area contributed by atoms with Crippen molar-refractivity contribution >= 4 is 30.1 Å². The minimum absolute atomic E-state index is 0.0419. The topological polar surface area (TPSA) is 112 Å². The summed E-state index contributed by atoms with van der Waals surface area (Å²) in [6.45, 7) is 6.98. The Kier molecular flexibility index (Phi) is 10.4. The number of fused-ring (bicyclic) bond motifs is 1. The molecule has 8 nitrogen and oxygen atoms in total. The van der Waals surface area contributed by atoms with Gasteiger partial charge in [-0.1, -0.05) is 47.0 Å². The zero-order chi connectivity index (χ0) is 30.8. The number of hydrogen-bond donors (Lipinski definition) is 3. The quantitative estimate of drug-likeness (QED) is 0.228. The lowest BCUT2D eigenvalue weighted by molar-refractivity contribution is -0.154. The molecular weight excluding hydrogens is 558 g/mol. The maximum atomic E-state index is 15.4. The van der Waals surface area contributed by atoms with E-state index in [1.165, 1.54) is 20.0 Å². The number of aromatic nitrogens is 1. The van der Waals surface area contributed by atoms with Crippen molar-refractivity contribution in [1.29, 1.82) is 0 Å². The van der Waals surface area contributed by atoms with Crippen LogP contribution in [0.4, 0.5) is 18.9 Å². The molecule has 1 aromatic heterocycles. The summed E-state index contributed by atoms with van der Waals surface area (Å²) in [6.07, 6.45) is 7.00. The number of pyridine rings is 1. The van der Waals surface area contributed by atoms with E-state index in [4.69, 9.17) is 0 Å². The fourth-order valence-corrected chi connectivity index (χ4v) is 7.30. The number of benzene rings is 1. The van der Waals surface area contributed by atoms with Crippen LogP contribution in [0.5, 0.6) is 0 Å². The molecular formula is C29H43F3N3O5P. The molecule has 3 N–H and O–H groups in total. The Hall–Kier alpha value is -2.36. The van der Waals surface area contributed by atoms with Crippen LogP contribution in [-0.4, -0.2) is 42.4 Å². The third kappa shape index (κ3) is 6.22. The lowest BCUT2D eigenvalue weighted by Gasteiger charge is -2.47. The van der Waals surface area contributed by atoms with Crippen molar-refractivity contribution in [1.82, 2.24) is 9.47 Å². The van der Waals surface area contributed by atoms with Crippen molar-refractivity contribution in [3.63, 3.8) is 0 Å². The highest BCUT2D eigenvalue weighted by Gasteiger charge is 2.66. The standard InChI is InChI=1S/C29H43F3N3O5P/c1-6-22(7-2)34-17-20(18-35(19(5)36)28(8-3,9-4)29(31,32)41(38,39)40)27(37)23-15-24(30)25(16-26(23)34)33-21-13-11-10-12-14-21/h15-17,21-22,33H,6-14,18H2,1-5H3,(H2,38,39,40). The predicted octanol–water partition coefficient (Wildman–Crippen LogP) is 6.92. The van der Waals surface area contributed by atoms with E-state index in [1.54, 1.807) is 6.07 Å². The van der Waals surface area contributed by atoms with Gasteiger partial charge in [0.05, 0.1) is 17.7 Å². The Morgan fingerprint density at radius 3 is 2.20 bits per heavy atom. The number of nitrogens with zero attached hydrogens (tertiary/aromatic N) is 2. The van der Waals surface area contributed by atoms with E-state index in [1.807, 2.05) is 18.4 Å². The molecule has 0 spiro atoms. The molecule has 0 atom stereocenters. The molecule has 1 aromatic carbocycles. The SMILES string of the molecule is CCC(CC)n1cc(CN(C(C)=O)C(CC)(CC)C(F)(F)P(=O)(O)O)c(=O)c2cc(F)c(NC3CCCCC3)cc21. The van der Waals surface area contributed by atoms with Gasteiger partial charge < -0.3 is 24.6 Å². The lowest BCUT2D eigenvalue weighted by atomic mass is 9.89. The normalized spacial score (nSPS) is 15.5. The van der Waals surface area contributed by atoms with Crippen LogP contribution < -0.4 is 10.7 Å². The fraction of sp³-hybridized carbons (Fsp3) is 0.655. The third-order valence-corrected chi connectivity index (χ3v) is 9.96. The van der Waals surface area contributed by atoms with Crippen molar-refractivity contribution in [2.45, 2.75) is 122 Å². The van der Waals surface area contributed by atoms with Crippen molar-refractivity contribution in [3.05, 3.63) is 39.9 Å². The molecule has 1 aliphatic rings. The molecule has 0 unspecified atom stereocenters. The maximum Gasteiger partial charge on any atom is 0.397 e. The number of hydrogen-bond acceptors (Lipinski definition) is 4. The average molecular weight is 602 g/mol. The first-order valence-corrected chi connectivity index (χ1v) is 16.2. The lowest BCUT2D eigenvalue weighted by Crippen LogP contribution is -2.61. The molecule has 3 rings (SSSR count). The van der Waals surface area contributed by atoms with Gasteiger partial charge in [-0.3, -0.25) is 14.2 Å². The van der Waals surface area contributed by atoms with E-state index >= 15 is 13.2 Å². The largest absolute Gasteiger partial charge is 0.397 e.